The Hall–Kier alpha value is -3.34. The normalized spacial score (nSPS) is 13.7. The second kappa shape index (κ2) is 9.03. The van der Waals surface area contributed by atoms with Gasteiger partial charge < -0.3 is 14.5 Å². The van der Waals surface area contributed by atoms with Gasteiger partial charge in [-0.15, -0.1) is 0 Å². The minimum absolute atomic E-state index is 0.00531. The fraction of sp³-hybridized carbons (Fsp3) is 0.333. The van der Waals surface area contributed by atoms with Gasteiger partial charge in [-0.1, -0.05) is 0 Å². The van der Waals surface area contributed by atoms with Gasteiger partial charge in [-0.25, -0.2) is 0 Å². The number of benzene rings is 2. The molecule has 0 fully saturated rings. The number of amides is 1. The number of nitrogens with one attached hydrogen (secondary N) is 1. The largest absolute Gasteiger partial charge is 0.493 e. The molecule has 0 unspecified atom stereocenters. The number of fused-ring (bicyclic) bond motifs is 3. The summed E-state index contributed by atoms with van der Waals surface area (Å²) in [5.41, 5.74) is 6.15. The molecule has 5 nitrogen and oxygen atoms in total. The zero-order valence-corrected chi connectivity index (χ0v) is 19.1. The maximum absolute atomic E-state index is 12.7. The highest BCUT2D eigenvalue weighted by atomic mass is 16.5. The van der Waals surface area contributed by atoms with Gasteiger partial charge in [0.25, 0.3) is 0 Å². The van der Waals surface area contributed by atoms with Crippen molar-refractivity contribution < 1.29 is 18.7 Å². The van der Waals surface area contributed by atoms with Crippen molar-refractivity contribution in [3.63, 3.8) is 0 Å². The average molecular weight is 432 g/mol. The van der Waals surface area contributed by atoms with E-state index < -0.39 is 0 Å². The first kappa shape index (κ1) is 21.9. The molecule has 4 rings (SSSR count). The molecule has 0 bridgehead atoms. The molecular weight excluding hydrogens is 402 g/mol. The number of rotatable bonds is 6. The maximum Gasteiger partial charge on any atom is 0.248 e. The number of hydrogen-bond donors (Lipinski definition) is 1. The first-order chi connectivity index (χ1) is 15.4. The summed E-state index contributed by atoms with van der Waals surface area (Å²) in [5.74, 6) is 1.61. The molecule has 5 heteroatoms. The van der Waals surface area contributed by atoms with Crippen LogP contribution in [0.25, 0.3) is 16.5 Å². The lowest BCUT2D eigenvalue weighted by molar-refractivity contribution is -0.111. The minimum Gasteiger partial charge on any atom is -0.493 e. The lowest BCUT2D eigenvalue weighted by atomic mass is 9.93. The average Bonchev–Trinajstić information content (AvgIpc) is 3.15. The predicted molar refractivity (Wildman–Crippen MR) is 127 cm³/mol. The lowest BCUT2D eigenvalue weighted by Crippen LogP contribution is -2.09. The molecule has 0 saturated carbocycles. The van der Waals surface area contributed by atoms with Crippen molar-refractivity contribution in [2.24, 2.45) is 0 Å². The van der Waals surface area contributed by atoms with Crippen molar-refractivity contribution in [1.82, 2.24) is 0 Å². The fourth-order valence-corrected chi connectivity index (χ4v) is 4.40. The Morgan fingerprint density at radius 3 is 2.53 bits per heavy atom. The zero-order chi connectivity index (χ0) is 22.8. The van der Waals surface area contributed by atoms with E-state index in [9.17, 15) is 9.59 Å². The first-order valence-electron chi connectivity index (χ1n) is 11.2. The van der Waals surface area contributed by atoms with E-state index in [0.717, 1.165) is 58.4 Å². The number of allylic oxidation sites excluding steroid dienone is 1. The molecule has 0 aliphatic heterocycles. The van der Waals surface area contributed by atoms with Gasteiger partial charge >= 0.3 is 0 Å². The Bertz CT molecular complexity index is 1210. The van der Waals surface area contributed by atoms with Gasteiger partial charge in [0.1, 0.15) is 17.1 Å². The highest BCUT2D eigenvalue weighted by Crippen LogP contribution is 2.41. The molecule has 2 aromatic carbocycles. The molecule has 1 heterocycles. The maximum atomic E-state index is 12.7. The Kier molecular flexibility index (Phi) is 6.17. The fourth-order valence-electron chi connectivity index (χ4n) is 4.40. The van der Waals surface area contributed by atoms with Crippen LogP contribution in [-0.2, 0) is 17.6 Å². The molecule has 0 radical (unpaired) electrons. The quantitative estimate of drug-likeness (QED) is 0.369. The molecule has 0 saturated heterocycles. The molecule has 1 amide bonds. The van der Waals surface area contributed by atoms with Crippen LogP contribution >= 0.6 is 0 Å². The number of hydrogen-bond acceptors (Lipinski definition) is 4. The molecule has 32 heavy (non-hydrogen) atoms. The second-order valence-electron chi connectivity index (χ2n) is 8.35. The van der Waals surface area contributed by atoms with Gasteiger partial charge in [-0.2, -0.15) is 0 Å². The van der Waals surface area contributed by atoms with Crippen LogP contribution < -0.4 is 10.1 Å². The van der Waals surface area contributed by atoms with E-state index >= 15 is 0 Å². The van der Waals surface area contributed by atoms with Crippen molar-refractivity contribution in [3.05, 3.63) is 64.4 Å². The molecule has 3 aromatic rings. The van der Waals surface area contributed by atoms with E-state index in [0.29, 0.717) is 17.9 Å². The molecule has 1 aliphatic rings. The first-order valence-corrected chi connectivity index (χ1v) is 11.2. The van der Waals surface area contributed by atoms with Crippen molar-refractivity contribution in [3.8, 4) is 5.75 Å². The number of aryl methyl sites for hydroxylation is 3. The summed E-state index contributed by atoms with van der Waals surface area (Å²) < 4.78 is 12.2. The van der Waals surface area contributed by atoms with E-state index in [-0.39, 0.29) is 11.7 Å². The molecule has 166 valence electrons. The SMILES string of the molecule is CCOc1c(/C(C)=C/C(=O)Nc2ccc(C(C)=O)cc2)cc2c3c(oc2c1C)CCCC3. The third-order valence-corrected chi connectivity index (χ3v) is 6.05. The number of carbonyl (C=O) groups excluding carboxylic acids is 2. The van der Waals surface area contributed by atoms with Gasteiger partial charge in [0, 0.05) is 45.8 Å². The van der Waals surface area contributed by atoms with Crippen LogP contribution in [0.15, 0.2) is 40.8 Å². The minimum atomic E-state index is -0.229. The van der Waals surface area contributed by atoms with Crippen LogP contribution in [0.5, 0.6) is 5.75 Å². The van der Waals surface area contributed by atoms with Gasteiger partial charge in [0.05, 0.1) is 6.61 Å². The molecular formula is C27H29NO4. The van der Waals surface area contributed by atoms with Crippen molar-refractivity contribution in [2.75, 3.05) is 11.9 Å². The summed E-state index contributed by atoms with van der Waals surface area (Å²) in [6, 6.07) is 9.00. The molecule has 0 atom stereocenters. The van der Waals surface area contributed by atoms with Crippen molar-refractivity contribution in [1.29, 1.82) is 0 Å². The second-order valence-corrected chi connectivity index (χ2v) is 8.35. The van der Waals surface area contributed by atoms with Gasteiger partial charge in [-0.3, -0.25) is 9.59 Å². The lowest BCUT2D eigenvalue weighted by Gasteiger charge is -2.15. The van der Waals surface area contributed by atoms with Crippen LogP contribution in [0, 0.1) is 6.92 Å². The summed E-state index contributed by atoms with van der Waals surface area (Å²) in [4.78, 5) is 24.1. The highest BCUT2D eigenvalue weighted by molar-refractivity contribution is 6.05. The summed E-state index contributed by atoms with van der Waals surface area (Å²) in [5, 5.41) is 4.00. The number of Topliss-reactive ketones (excluding diaryl/α,β-unsaturated/α-hetero) is 1. The Morgan fingerprint density at radius 2 is 1.84 bits per heavy atom. The Labute approximate surface area is 188 Å². The predicted octanol–water partition coefficient (Wildman–Crippen LogP) is 6.26. The van der Waals surface area contributed by atoms with Crippen LogP contribution in [0.3, 0.4) is 0 Å². The van der Waals surface area contributed by atoms with Crippen molar-refractivity contribution in [2.45, 2.75) is 53.4 Å². The van der Waals surface area contributed by atoms with Crippen LogP contribution in [0.1, 0.15) is 66.4 Å². The van der Waals surface area contributed by atoms with E-state index in [2.05, 4.69) is 11.4 Å². The topological polar surface area (TPSA) is 68.5 Å². The summed E-state index contributed by atoms with van der Waals surface area (Å²) in [6.45, 7) is 7.95. The number of ether oxygens (including phenoxy) is 1. The van der Waals surface area contributed by atoms with Crippen LogP contribution in [0.4, 0.5) is 5.69 Å². The third kappa shape index (κ3) is 4.20. The van der Waals surface area contributed by atoms with Gasteiger partial charge in [0.2, 0.25) is 5.91 Å². The van der Waals surface area contributed by atoms with E-state index in [1.807, 2.05) is 20.8 Å². The third-order valence-electron chi connectivity index (χ3n) is 6.05. The number of furan rings is 1. The van der Waals surface area contributed by atoms with Crippen molar-refractivity contribution >= 4 is 33.9 Å². The van der Waals surface area contributed by atoms with E-state index in [1.54, 1.807) is 30.3 Å². The van der Waals surface area contributed by atoms with Crippen LogP contribution in [-0.4, -0.2) is 18.3 Å². The van der Waals surface area contributed by atoms with Crippen LogP contribution in [0.2, 0.25) is 0 Å². The van der Waals surface area contributed by atoms with E-state index in [4.69, 9.17) is 9.15 Å². The van der Waals surface area contributed by atoms with E-state index in [1.165, 1.54) is 18.9 Å². The highest BCUT2D eigenvalue weighted by Gasteiger charge is 2.23. The summed E-state index contributed by atoms with van der Waals surface area (Å²) in [7, 11) is 0. The number of anilines is 1. The smallest absolute Gasteiger partial charge is 0.248 e. The number of ketones is 1. The summed E-state index contributed by atoms with van der Waals surface area (Å²) in [6.07, 6.45) is 5.91. The number of carbonyl (C=O) groups is 2. The molecule has 0 spiro atoms. The molecule has 1 N–H and O–H groups in total. The molecule has 1 aliphatic carbocycles. The van der Waals surface area contributed by atoms with Gasteiger partial charge in [0.15, 0.2) is 5.78 Å². The standard InChI is InChI=1S/C27H29NO4/c1-5-31-26-17(3)27-23(21-8-6-7-9-24(21)32-27)15-22(26)16(2)14-25(30)28-20-12-10-19(11-13-20)18(4)29/h10-15H,5-9H2,1-4H3,(H,28,30)/b16-14+. The van der Waals surface area contributed by atoms with Gasteiger partial charge in [-0.05, 0) is 82.9 Å². The zero-order valence-electron chi connectivity index (χ0n) is 19.1. The Morgan fingerprint density at radius 1 is 1.12 bits per heavy atom. The molecule has 1 aromatic heterocycles. The monoisotopic (exact) mass is 431 g/mol. The Balaban J connectivity index is 1.68. The summed E-state index contributed by atoms with van der Waals surface area (Å²) >= 11 is 0.